The van der Waals surface area contributed by atoms with Crippen molar-refractivity contribution in [3.63, 3.8) is 0 Å². The van der Waals surface area contributed by atoms with Crippen LogP contribution in [0.4, 0.5) is 5.69 Å². The van der Waals surface area contributed by atoms with Crippen molar-refractivity contribution in [2.45, 2.75) is 0 Å². The van der Waals surface area contributed by atoms with E-state index >= 15 is 0 Å². The first kappa shape index (κ1) is 10.6. The van der Waals surface area contributed by atoms with Gasteiger partial charge < -0.3 is 10.6 Å². The van der Waals surface area contributed by atoms with E-state index in [-0.39, 0.29) is 5.11 Å². The highest BCUT2D eigenvalue weighted by Crippen LogP contribution is 2.23. The molecule has 1 aliphatic heterocycles. The van der Waals surface area contributed by atoms with E-state index in [4.69, 9.17) is 5.73 Å². The Kier molecular flexibility index (Phi) is 3.16. The van der Waals surface area contributed by atoms with Crippen molar-refractivity contribution < 1.29 is 0 Å². The van der Waals surface area contributed by atoms with E-state index in [9.17, 15) is 0 Å². The lowest BCUT2D eigenvalue weighted by Crippen LogP contribution is -2.29. The molecule has 0 atom stereocenters. The number of anilines is 1. The lowest BCUT2D eigenvalue weighted by molar-refractivity contribution is 1.02. The van der Waals surface area contributed by atoms with Crippen LogP contribution in [0.5, 0.6) is 0 Å². The van der Waals surface area contributed by atoms with Crippen molar-refractivity contribution in [2.24, 2.45) is 10.8 Å². The third kappa shape index (κ3) is 2.38. The summed E-state index contributed by atoms with van der Waals surface area (Å²) in [6.07, 6.45) is 5.86. The molecule has 3 N–H and O–H groups in total. The summed E-state index contributed by atoms with van der Waals surface area (Å²) in [4.78, 5) is 2.01. The number of rotatable bonds is 2. The second kappa shape index (κ2) is 4.76. The molecule has 0 fully saturated rings. The smallest absolute Gasteiger partial charge is 0.184 e. The average Bonchev–Trinajstić information content (AvgIpc) is 2.29. The monoisotopic (exact) mass is 232 g/mol. The van der Waals surface area contributed by atoms with E-state index in [1.807, 2.05) is 23.1 Å². The second-order valence-corrected chi connectivity index (χ2v) is 3.77. The van der Waals surface area contributed by atoms with Gasteiger partial charge in [0.15, 0.2) is 5.11 Å². The quantitative estimate of drug-likeness (QED) is 0.349. The minimum absolute atomic E-state index is 0.164. The molecular formula is C11H12N4S. The Morgan fingerprint density at radius 2 is 2.31 bits per heavy atom. The van der Waals surface area contributed by atoms with Crippen molar-refractivity contribution in [3.05, 3.63) is 35.9 Å². The maximum atomic E-state index is 5.28. The summed E-state index contributed by atoms with van der Waals surface area (Å²) in [5.41, 5.74) is 10.1. The van der Waals surface area contributed by atoms with Gasteiger partial charge in [0.1, 0.15) is 6.34 Å². The van der Waals surface area contributed by atoms with Crippen LogP contribution in [-0.4, -0.2) is 18.0 Å². The zero-order valence-electron chi connectivity index (χ0n) is 8.63. The molecule has 0 saturated heterocycles. The predicted molar refractivity (Wildman–Crippen MR) is 71.2 cm³/mol. The molecule has 82 valence electrons. The van der Waals surface area contributed by atoms with Crippen LogP contribution in [-0.2, 0) is 0 Å². The molecule has 5 heteroatoms. The topological polar surface area (TPSA) is 53.6 Å². The fourth-order valence-corrected chi connectivity index (χ4v) is 1.61. The number of fused-ring (bicyclic) bond motifs is 1. The van der Waals surface area contributed by atoms with E-state index in [2.05, 4.69) is 41.0 Å². The van der Waals surface area contributed by atoms with Gasteiger partial charge in [-0.25, -0.2) is 0 Å². The van der Waals surface area contributed by atoms with E-state index in [0.29, 0.717) is 0 Å². The summed E-state index contributed by atoms with van der Waals surface area (Å²) in [5, 5.41) is 4.11. The van der Waals surface area contributed by atoms with E-state index in [1.165, 1.54) is 5.56 Å². The molecule has 0 aliphatic carbocycles. The molecule has 0 unspecified atom stereocenters. The molecule has 1 heterocycles. The number of para-hydroxylation sites is 1. The van der Waals surface area contributed by atoms with Gasteiger partial charge in [0.2, 0.25) is 0 Å². The standard InChI is InChI=1S/C11H12N4S/c12-11(16)14-13-8-15-7-3-5-9-4-1-2-6-10(9)15/h1-6,8H,7H2,(H3,12,14,16). The first-order valence-electron chi connectivity index (χ1n) is 4.88. The summed E-state index contributed by atoms with van der Waals surface area (Å²) in [6, 6.07) is 8.12. The normalized spacial score (nSPS) is 13.9. The zero-order chi connectivity index (χ0) is 11.4. The zero-order valence-corrected chi connectivity index (χ0v) is 9.45. The number of hydrazone groups is 1. The maximum Gasteiger partial charge on any atom is 0.184 e. The van der Waals surface area contributed by atoms with Gasteiger partial charge in [0, 0.05) is 12.2 Å². The molecule has 0 radical (unpaired) electrons. The highest BCUT2D eigenvalue weighted by atomic mass is 32.1. The number of thiocarbonyl (C=S) groups is 1. The number of nitrogens with one attached hydrogen (secondary N) is 1. The second-order valence-electron chi connectivity index (χ2n) is 3.33. The Bertz CT molecular complexity index is 453. The van der Waals surface area contributed by atoms with Crippen LogP contribution in [0.25, 0.3) is 6.08 Å². The van der Waals surface area contributed by atoms with Gasteiger partial charge in [0.25, 0.3) is 0 Å². The number of benzene rings is 1. The maximum absolute atomic E-state index is 5.28. The van der Waals surface area contributed by atoms with Crippen molar-refractivity contribution >= 4 is 35.4 Å². The molecule has 16 heavy (non-hydrogen) atoms. The van der Waals surface area contributed by atoms with E-state index in [0.717, 1.165) is 12.2 Å². The summed E-state index contributed by atoms with van der Waals surface area (Å²) < 4.78 is 0. The van der Waals surface area contributed by atoms with Crippen LogP contribution in [0.3, 0.4) is 0 Å². The SMILES string of the molecule is NC(=S)NN=CN1CC=Cc2ccccc21. The molecule has 0 saturated carbocycles. The number of hydrogen-bond acceptors (Lipinski definition) is 2. The minimum Gasteiger partial charge on any atom is -0.375 e. The molecule has 0 bridgehead atoms. The summed E-state index contributed by atoms with van der Waals surface area (Å²) in [7, 11) is 0. The first-order valence-corrected chi connectivity index (χ1v) is 5.29. The van der Waals surface area contributed by atoms with Crippen molar-refractivity contribution in [1.29, 1.82) is 0 Å². The minimum atomic E-state index is 0.164. The van der Waals surface area contributed by atoms with Crippen LogP contribution >= 0.6 is 12.2 Å². The lowest BCUT2D eigenvalue weighted by atomic mass is 10.1. The Balaban J connectivity index is 2.16. The largest absolute Gasteiger partial charge is 0.375 e. The molecule has 4 nitrogen and oxygen atoms in total. The summed E-state index contributed by atoms with van der Waals surface area (Å²) in [6.45, 7) is 0.791. The summed E-state index contributed by atoms with van der Waals surface area (Å²) >= 11 is 4.66. The molecule has 2 rings (SSSR count). The molecule has 1 aromatic carbocycles. The van der Waals surface area contributed by atoms with Gasteiger partial charge in [-0.3, -0.25) is 5.43 Å². The third-order valence-corrected chi connectivity index (χ3v) is 2.31. The highest BCUT2D eigenvalue weighted by Gasteiger charge is 2.09. The Labute approximate surface area is 99.4 Å². The molecule has 0 aromatic heterocycles. The molecular weight excluding hydrogens is 220 g/mol. The molecule has 0 amide bonds. The van der Waals surface area contributed by atoms with E-state index in [1.54, 1.807) is 6.34 Å². The van der Waals surface area contributed by atoms with Crippen LogP contribution in [0.1, 0.15) is 5.56 Å². The van der Waals surface area contributed by atoms with Crippen LogP contribution < -0.4 is 16.1 Å². The Morgan fingerprint density at radius 3 is 3.12 bits per heavy atom. The lowest BCUT2D eigenvalue weighted by Gasteiger charge is -2.23. The van der Waals surface area contributed by atoms with Gasteiger partial charge in [-0.1, -0.05) is 30.4 Å². The fourth-order valence-electron chi connectivity index (χ4n) is 1.55. The first-order chi connectivity index (χ1) is 7.77. The highest BCUT2D eigenvalue weighted by molar-refractivity contribution is 7.80. The number of nitrogens with zero attached hydrogens (tertiary/aromatic N) is 2. The van der Waals surface area contributed by atoms with Gasteiger partial charge in [0.05, 0.1) is 0 Å². The molecule has 1 aromatic rings. The van der Waals surface area contributed by atoms with Crippen molar-refractivity contribution in [3.8, 4) is 0 Å². The Morgan fingerprint density at radius 1 is 1.50 bits per heavy atom. The van der Waals surface area contributed by atoms with Gasteiger partial charge in [-0.2, -0.15) is 5.10 Å². The molecule has 0 spiro atoms. The average molecular weight is 232 g/mol. The molecule has 1 aliphatic rings. The van der Waals surface area contributed by atoms with Gasteiger partial charge in [-0.05, 0) is 23.8 Å². The summed E-state index contributed by atoms with van der Waals surface area (Å²) in [5.74, 6) is 0. The van der Waals surface area contributed by atoms with Crippen LogP contribution in [0, 0.1) is 0 Å². The number of nitrogens with two attached hydrogens (primary N) is 1. The van der Waals surface area contributed by atoms with Crippen LogP contribution in [0.2, 0.25) is 0 Å². The van der Waals surface area contributed by atoms with Crippen molar-refractivity contribution in [2.75, 3.05) is 11.4 Å². The van der Waals surface area contributed by atoms with Crippen LogP contribution in [0.15, 0.2) is 35.4 Å². The Hall–Kier alpha value is -1.88. The van der Waals surface area contributed by atoms with Gasteiger partial charge in [-0.15, -0.1) is 0 Å². The van der Waals surface area contributed by atoms with E-state index < -0.39 is 0 Å². The predicted octanol–water partition coefficient (Wildman–Crippen LogP) is 1.30. The van der Waals surface area contributed by atoms with Crippen molar-refractivity contribution in [1.82, 2.24) is 5.43 Å². The third-order valence-electron chi connectivity index (χ3n) is 2.22. The fraction of sp³-hybridized carbons (Fsp3) is 0.0909. The number of hydrogen-bond donors (Lipinski definition) is 2. The van der Waals surface area contributed by atoms with Gasteiger partial charge >= 0.3 is 0 Å².